The molecule has 3 aromatic rings. The SMILES string of the molecule is Cc1ccc2nc(/C(C#N)=C\c3cc(Br)c(I)o3)[nH]c2c1. The summed E-state index contributed by atoms with van der Waals surface area (Å²) in [7, 11) is 0. The van der Waals surface area contributed by atoms with Crippen LogP contribution in [0.2, 0.25) is 0 Å². The van der Waals surface area contributed by atoms with Crippen LogP contribution >= 0.6 is 38.5 Å². The van der Waals surface area contributed by atoms with Gasteiger partial charge in [0.2, 0.25) is 0 Å². The molecule has 0 aliphatic carbocycles. The fourth-order valence-electron chi connectivity index (χ4n) is 1.98. The second kappa shape index (κ2) is 5.66. The lowest BCUT2D eigenvalue weighted by Gasteiger charge is -1.91. The molecule has 0 saturated heterocycles. The van der Waals surface area contributed by atoms with Gasteiger partial charge in [0, 0.05) is 28.7 Å². The quantitative estimate of drug-likeness (QED) is 0.443. The topological polar surface area (TPSA) is 65.6 Å². The van der Waals surface area contributed by atoms with Gasteiger partial charge in [-0.3, -0.25) is 0 Å². The van der Waals surface area contributed by atoms with Gasteiger partial charge in [-0.2, -0.15) is 5.26 Å². The number of furan rings is 1. The Kier molecular flexibility index (Phi) is 3.87. The van der Waals surface area contributed by atoms with E-state index in [9.17, 15) is 5.26 Å². The van der Waals surface area contributed by atoms with Crippen molar-refractivity contribution >= 4 is 61.2 Å². The summed E-state index contributed by atoms with van der Waals surface area (Å²) in [5.74, 6) is 1.15. The van der Waals surface area contributed by atoms with Crippen LogP contribution in [0.15, 0.2) is 33.2 Å². The Morgan fingerprint density at radius 3 is 2.95 bits per heavy atom. The Balaban J connectivity index is 2.07. The van der Waals surface area contributed by atoms with E-state index in [1.165, 1.54) is 0 Å². The molecule has 4 nitrogen and oxygen atoms in total. The van der Waals surface area contributed by atoms with E-state index in [0.717, 1.165) is 24.8 Å². The number of nitrogens with one attached hydrogen (secondary N) is 1. The van der Waals surface area contributed by atoms with Crippen molar-refractivity contribution in [2.45, 2.75) is 6.92 Å². The van der Waals surface area contributed by atoms with E-state index in [1.54, 1.807) is 6.08 Å². The van der Waals surface area contributed by atoms with Crippen molar-refractivity contribution in [1.29, 1.82) is 5.26 Å². The smallest absolute Gasteiger partial charge is 0.178 e. The number of allylic oxidation sites excluding steroid dienone is 1. The molecule has 6 heteroatoms. The Bertz CT molecular complexity index is 882. The normalized spacial score (nSPS) is 11.8. The Hall–Kier alpha value is -1.59. The van der Waals surface area contributed by atoms with Gasteiger partial charge in [-0.05, 0) is 46.6 Å². The van der Waals surface area contributed by atoms with Gasteiger partial charge in [-0.25, -0.2) is 4.98 Å². The predicted molar refractivity (Wildman–Crippen MR) is 93.4 cm³/mol. The standard InChI is InChI=1S/C15H9BrIN3O/c1-8-2-3-12-13(4-8)20-15(19-12)9(7-18)5-10-6-11(16)14(17)21-10/h2-6H,1H3,(H,19,20)/b9-5-. The molecule has 0 amide bonds. The van der Waals surface area contributed by atoms with Gasteiger partial charge in [0.25, 0.3) is 0 Å². The first-order chi connectivity index (χ1) is 10.1. The summed E-state index contributed by atoms with van der Waals surface area (Å²) in [6.45, 7) is 2.02. The molecule has 0 atom stereocenters. The van der Waals surface area contributed by atoms with Gasteiger partial charge in [-0.1, -0.05) is 6.07 Å². The maximum Gasteiger partial charge on any atom is 0.178 e. The zero-order chi connectivity index (χ0) is 15.0. The van der Waals surface area contributed by atoms with Gasteiger partial charge >= 0.3 is 0 Å². The minimum absolute atomic E-state index is 0.432. The first kappa shape index (κ1) is 14.4. The fraction of sp³-hybridized carbons (Fsp3) is 0.0667. The summed E-state index contributed by atoms with van der Waals surface area (Å²) < 4.78 is 7.15. The van der Waals surface area contributed by atoms with Crippen LogP contribution in [0, 0.1) is 22.0 Å². The molecule has 3 rings (SSSR count). The molecule has 2 heterocycles. The molecule has 21 heavy (non-hydrogen) atoms. The molecule has 1 aromatic carbocycles. The third-order valence-corrected chi connectivity index (χ3v) is 5.10. The van der Waals surface area contributed by atoms with Crippen LogP contribution in [0.3, 0.4) is 0 Å². The van der Waals surface area contributed by atoms with Crippen LogP contribution in [-0.2, 0) is 0 Å². The first-order valence-corrected chi connectivity index (χ1v) is 7.97. The summed E-state index contributed by atoms with van der Waals surface area (Å²) in [5.41, 5.74) is 3.33. The molecule has 0 unspecified atom stereocenters. The van der Waals surface area contributed by atoms with Crippen molar-refractivity contribution in [2.75, 3.05) is 0 Å². The van der Waals surface area contributed by atoms with Crippen molar-refractivity contribution in [3.8, 4) is 6.07 Å². The molecule has 0 aliphatic heterocycles. The summed E-state index contributed by atoms with van der Waals surface area (Å²) in [5, 5.41) is 9.36. The van der Waals surface area contributed by atoms with E-state index in [0.29, 0.717) is 17.2 Å². The number of hydrogen-bond donors (Lipinski definition) is 1. The highest BCUT2D eigenvalue weighted by molar-refractivity contribution is 14.1. The number of rotatable bonds is 2. The van der Waals surface area contributed by atoms with Crippen molar-refractivity contribution in [2.24, 2.45) is 0 Å². The summed E-state index contributed by atoms with van der Waals surface area (Å²) in [4.78, 5) is 7.62. The lowest BCUT2D eigenvalue weighted by molar-refractivity contribution is 0.527. The molecule has 0 fully saturated rings. The molecular formula is C15H9BrIN3O. The van der Waals surface area contributed by atoms with Gasteiger partial charge in [0.05, 0.1) is 21.1 Å². The van der Waals surface area contributed by atoms with Gasteiger partial charge in [0.15, 0.2) is 3.77 Å². The number of benzene rings is 1. The van der Waals surface area contributed by atoms with Crippen molar-refractivity contribution in [1.82, 2.24) is 9.97 Å². The van der Waals surface area contributed by atoms with E-state index in [4.69, 9.17) is 4.42 Å². The first-order valence-electron chi connectivity index (χ1n) is 6.10. The number of hydrogen-bond acceptors (Lipinski definition) is 3. The van der Waals surface area contributed by atoms with Crippen LogP contribution < -0.4 is 0 Å². The molecule has 104 valence electrons. The van der Waals surface area contributed by atoms with E-state index in [1.807, 2.05) is 31.2 Å². The highest BCUT2D eigenvalue weighted by Crippen LogP contribution is 2.26. The predicted octanol–water partition coefficient (Wildman–Crippen LogP) is 4.90. The van der Waals surface area contributed by atoms with Crippen LogP contribution in [0.4, 0.5) is 0 Å². The molecule has 0 saturated carbocycles. The number of halogens is 2. The van der Waals surface area contributed by atoms with E-state index >= 15 is 0 Å². The molecule has 0 radical (unpaired) electrons. The molecule has 0 spiro atoms. The second-order valence-corrected chi connectivity index (χ2v) is 6.38. The van der Waals surface area contributed by atoms with Crippen molar-refractivity contribution < 1.29 is 4.42 Å². The van der Waals surface area contributed by atoms with Crippen LogP contribution in [0.1, 0.15) is 17.1 Å². The van der Waals surface area contributed by atoms with Crippen LogP contribution in [0.25, 0.3) is 22.7 Å². The van der Waals surface area contributed by atoms with Gasteiger partial charge < -0.3 is 9.40 Å². The molecule has 1 N–H and O–H groups in total. The number of nitrogens with zero attached hydrogens (tertiary/aromatic N) is 2. The third kappa shape index (κ3) is 2.89. The van der Waals surface area contributed by atoms with E-state index < -0.39 is 0 Å². The Morgan fingerprint density at radius 1 is 1.48 bits per heavy atom. The average Bonchev–Trinajstić information content (AvgIpc) is 2.99. The van der Waals surface area contributed by atoms with E-state index in [2.05, 4.69) is 54.6 Å². The molecule has 0 aliphatic rings. The maximum absolute atomic E-state index is 9.36. The highest BCUT2D eigenvalue weighted by Gasteiger charge is 2.10. The Morgan fingerprint density at radius 2 is 2.29 bits per heavy atom. The number of imidazole rings is 1. The lowest BCUT2D eigenvalue weighted by Crippen LogP contribution is -1.84. The number of H-pyrrole nitrogens is 1. The minimum Gasteiger partial charge on any atom is -0.450 e. The summed E-state index contributed by atoms with van der Waals surface area (Å²) in [6, 6.07) is 9.92. The molecule has 0 bridgehead atoms. The molecule has 2 aromatic heterocycles. The largest absolute Gasteiger partial charge is 0.450 e. The minimum atomic E-state index is 0.432. The number of fused-ring (bicyclic) bond motifs is 1. The number of aryl methyl sites for hydroxylation is 1. The third-order valence-electron chi connectivity index (χ3n) is 2.96. The van der Waals surface area contributed by atoms with Gasteiger partial charge in [-0.15, -0.1) is 0 Å². The van der Waals surface area contributed by atoms with Crippen LogP contribution in [-0.4, -0.2) is 9.97 Å². The van der Waals surface area contributed by atoms with Crippen molar-refractivity contribution in [3.63, 3.8) is 0 Å². The summed E-state index contributed by atoms with van der Waals surface area (Å²) in [6.07, 6.45) is 1.68. The monoisotopic (exact) mass is 453 g/mol. The Labute approximate surface area is 143 Å². The van der Waals surface area contributed by atoms with Crippen molar-refractivity contribution in [3.05, 3.63) is 49.7 Å². The number of aromatic amines is 1. The highest BCUT2D eigenvalue weighted by atomic mass is 127. The lowest BCUT2D eigenvalue weighted by atomic mass is 10.2. The molecular weight excluding hydrogens is 445 g/mol. The zero-order valence-corrected chi connectivity index (χ0v) is 14.7. The van der Waals surface area contributed by atoms with E-state index in [-0.39, 0.29) is 0 Å². The zero-order valence-electron chi connectivity index (χ0n) is 10.9. The second-order valence-electron chi connectivity index (χ2n) is 4.55. The maximum atomic E-state index is 9.36. The fourth-order valence-corrected chi connectivity index (χ4v) is 2.70. The van der Waals surface area contributed by atoms with Gasteiger partial charge in [0.1, 0.15) is 17.7 Å². The van der Waals surface area contributed by atoms with Crippen LogP contribution in [0.5, 0.6) is 0 Å². The summed E-state index contributed by atoms with van der Waals surface area (Å²) >= 11 is 5.47. The number of nitriles is 1. The average molecular weight is 454 g/mol. The number of aromatic nitrogens is 2.